The lowest BCUT2D eigenvalue weighted by molar-refractivity contribution is -0.141. The molecule has 0 aliphatic carbocycles. The summed E-state index contributed by atoms with van der Waals surface area (Å²) in [6.07, 6.45) is -2.21. The maximum absolute atomic E-state index is 14.3. The summed E-state index contributed by atoms with van der Waals surface area (Å²) in [5.41, 5.74) is 0.0856. The van der Waals surface area contributed by atoms with Gasteiger partial charge in [0.15, 0.2) is 9.84 Å². The Labute approximate surface area is 160 Å². The molecule has 0 spiro atoms. The number of pyridine rings is 1. The Balaban J connectivity index is 1.60. The zero-order chi connectivity index (χ0) is 20.5. The van der Waals surface area contributed by atoms with Gasteiger partial charge in [0.1, 0.15) is 11.5 Å². The van der Waals surface area contributed by atoms with Crippen molar-refractivity contribution in [3.8, 4) is 0 Å². The smallest absolute Gasteiger partial charge is 0.367 e. The lowest BCUT2D eigenvalue weighted by Gasteiger charge is -2.36. The van der Waals surface area contributed by atoms with Crippen molar-refractivity contribution in [3.63, 3.8) is 0 Å². The van der Waals surface area contributed by atoms with E-state index in [-0.39, 0.29) is 4.90 Å². The Morgan fingerprint density at radius 3 is 2.25 bits per heavy atom. The zero-order valence-electron chi connectivity index (χ0n) is 15.1. The van der Waals surface area contributed by atoms with Gasteiger partial charge in [0.2, 0.25) is 0 Å². The van der Waals surface area contributed by atoms with E-state index in [1.807, 2.05) is 9.80 Å². The molecular weight excluding hydrogens is 398 g/mol. The lowest BCUT2D eigenvalue weighted by atomic mass is 10.2. The Hall–Kier alpha value is -2.20. The third kappa shape index (κ3) is 4.79. The summed E-state index contributed by atoms with van der Waals surface area (Å²) >= 11 is 0. The molecule has 0 unspecified atom stereocenters. The highest BCUT2D eigenvalue weighted by molar-refractivity contribution is 7.90. The van der Waals surface area contributed by atoms with Gasteiger partial charge in [0.25, 0.3) is 0 Å². The van der Waals surface area contributed by atoms with E-state index in [9.17, 15) is 26.0 Å². The predicted octanol–water partition coefficient (Wildman–Crippen LogP) is 2.97. The van der Waals surface area contributed by atoms with E-state index >= 15 is 0 Å². The van der Waals surface area contributed by atoms with Crippen LogP contribution in [0.5, 0.6) is 0 Å². The van der Waals surface area contributed by atoms with Crippen molar-refractivity contribution < 1.29 is 26.0 Å². The Morgan fingerprint density at radius 1 is 1.07 bits per heavy atom. The fraction of sp³-hybridized carbons (Fsp3) is 0.389. The van der Waals surface area contributed by atoms with Gasteiger partial charge in [-0.3, -0.25) is 9.88 Å². The summed E-state index contributed by atoms with van der Waals surface area (Å²) in [6.45, 7) is 2.67. The molecule has 0 bridgehead atoms. The van der Waals surface area contributed by atoms with Gasteiger partial charge >= 0.3 is 6.18 Å². The molecule has 152 valence electrons. The summed E-state index contributed by atoms with van der Waals surface area (Å²) in [7, 11) is -3.47. The molecule has 0 N–H and O–H groups in total. The highest BCUT2D eigenvalue weighted by atomic mass is 32.2. The average molecular weight is 417 g/mol. The molecule has 28 heavy (non-hydrogen) atoms. The van der Waals surface area contributed by atoms with Crippen molar-refractivity contribution >= 4 is 15.5 Å². The monoisotopic (exact) mass is 417 g/mol. The molecule has 5 nitrogen and oxygen atoms in total. The molecule has 1 aliphatic rings. The molecule has 1 fully saturated rings. The number of piperazine rings is 1. The Morgan fingerprint density at radius 2 is 1.75 bits per heavy atom. The van der Waals surface area contributed by atoms with Gasteiger partial charge in [-0.25, -0.2) is 12.8 Å². The van der Waals surface area contributed by atoms with Crippen molar-refractivity contribution in [1.82, 2.24) is 9.88 Å². The van der Waals surface area contributed by atoms with Gasteiger partial charge in [-0.2, -0.15) is 13.2 Å². The van der Waals surface area contributed by atoms with Crippen LogP contribution in [0.15, 0.2) is 41.4 Å². The van der Waals surface area contributed by atoms with E-state index < -0.39 is 27.5 Å². The number of hydrogen-bond donors (Lipinski definition) is 0. The molecule has 3 rings (SSSR count). The van der Waals surface area contributed by atoms with Crippen LogP contribution in [0.1, 0.15) is 11.3 Å². The molecule has 0 amide bonds. The molecule has 1 aliphatic heterocycles. The fourth-order valence-electron chi connectivity index (χ4n) is 3.07. The van der Waals surface area contributed by atoms with E-state index in [0.29, 0.717) is 44.0 Å². The number of nitrogens with zero attached hydrogens (tertiary/aromatic N) is 3. The first-order valence-corrected chi connectivity index (χ1v) is 10.4. The quantitative estimate of drug-likeness (QED) is 0.716. The summed E-state index contributed by atoms with van der Waals surface area (Å²) < 4.78 is 75.0. The molecule has 0 atom stereocenters. The van der Waals surface area contributed by atoms with Crippen LogP contribution in [-0.4, -0.2) is 50.7 Å². The number of halogens is 4. The first-order chi connectivity index (χ1) is 13.0. The number of alkyl halides is 3. The van der Waals surface area contributed by atoms with Crippen LogP contribution < -0.4 is 4.90 Å². The number of anilines is 1. The summed E-state index contributed by atoms with van der Waals surface area (Å²) in [4.78, 5) is 7.26. The van der Waals surface area contributed by atoms with Crippen molar-refractivity contribution in [1.29, 1.82) is 0 Å². The number of sulfone groups is 1. The first-order valence-electron chi connectivity index (χ1n) is 8.53. The minimum Gasteiger partial charge on any atom is -0.367 e. The SMILES string of the molecule is CS(=O)(=O)c1ccc(N2CCN(Cc3ccc(C(F)(F)F)nc3)CC2)c(F)c1. The van der Waals surface area contributed by atoms with E-state index in [1.54, 1.807) is 0 Å². The third-order valence-electron chi connectivity index (χ3n) is 4.58. The number of rotatable bonds is 4. The molecular formula is C18H19F4N3O2S. The second-order valence-electron chi connectivity index (χ2n) is 6.70. The predicted molar refractivity (Wildman–Crippen MR) is 96.2 cm³/mol. The second-order valence-corrected chi connectivity index (χ2v) is 8.71. The van der Waals surface area contributed by atoms with Crippen molar-refractivity contribution in [2.45, 2.75) is 17.6 Å². The zero-order valence-corrected chi connectivity index (χ0v) is 15.9. The van der Waals surface area contributed by atoms with Gasteiger partial charge in [-0.05, 0) is 29.8 Å². The molecule has 1 aromatic carbocycles. The molecule has 1 saturated heterocycles. The summed E-state index contributed by atoms with van der Waals surface area (Å²) in [6, 6.07) is 6.23. The number of benzene rings is 1. The average Bonchev–Trinajstić information content (AvgIpc) is 2.61. The number of aromatic nitrogens is 1. The normalized spacial score (nSPS) is 16.4. The van der Waals surface area contributed by atoms with Crippen LogP contribution in [0.25, 0.3) is 0 Å². The highest BCUT2D eigenvalue weighted by Crippen LogP contribution is 2.28. The van der Waals surface area contributed by atoms with Gasteiger partial charge in [-0.1, -0.05) is 6.07 Å². The summed E-state index contributed by atoms with van der Waals surface area (Å²) in [5, 5.41) is 0. The van der Waals surface area contributed by atoms with E-state index in [0.717, 1.165) is 18.4 Å². The summed E-state index contributed by atoms with van der Waals surface area (Å²) in [5.74, 6) is -0.594. The molecule has 1 aromatic heterocycles. The molecule has 10 heteroatoms. The maximum atomic E-state index is 14.3. The minimum absolute atomic E-state index is 0.0674. The van der Waals surface area contributed by atoms with Crippen LogP contribution in [-0.2, 0) is 22.6 Å². The van der Waals surface area contributed by atoms with Crippen LogP contribution in [0.2, 0.25) is 0 Å². The van der Waals surface area contributed by atoms with Gasteiger partial charge in [-0.15, -0.1) is 0 Å². The second kappa shape index (κ2) is 7.67. The van der Waals surface area contributed by atoms with Gasteiger partial charge in [0, 0.05) is 45.2 Å². The molecule has 0 radical (unpaired) electrons. The largest absolute Gasteiger partial charge is 0.433 e. The third-order valence-corrected chi connectivity index (χ3v) is 5.69. The standard InChI is InChI=1S/C18H19F4N3O2S/c1-28(26,27)14-3-4-16(15(19)10-14)25-8-6-24(7-9-25)12-13-2-5-17(23-11-13)18(20,21)22/h2-5,10-11H,6-9,12H2,1H3. The molecule has 0 saturated carbocycles. The molecule has 2 heterocycles. The van der Waals surface area contributed by atoms with Crippen LogP contribution >= 0.6 is 0 Å². The first kappa shape index (κ1) is 20.5. The highest BCUT2D eigenvalue weighted by Gasteiger charge is 2.32. The topological polar surface area (TPSA) is 53.5 Å². The van der Waals surface area contributed by atoms with Crippen LogP contribution in [0.4, 0.5) is 23.2 Å². The van der Waals surface area contributed by atoms with E-state index in [2.05, 4.69) is 4.98 Å². The lowest BCUT2D eigenvalue weighted by Crippen LogP contribution is -2.46. The maximum Gasteiger partial charge on any atom is 0.433 e. The Kier molecular flexibility index (Phi) is 5.62. The van der Waals surface area contributed by atoms with Gasteiger partial charge in [0.05, 0.1) is 10.6 Å². The number of hydrogen-bond acceptors (Lipinski definition) is 5. The van der Waals surface area contributed by atoms with Crippen molar-refractivity contribution in [2.24, 2.45) is 0 Å². The fourth-order valence-corrected chi connectivity index (χ4v) is 3.70. The molecule has 2 aromatic rings. The van der Waals surface area contributed by atoms with E-state index in [1.165, 1.54) is 24.4 Å². The van der Waals surface area contributed by atoms with Crippen LogP contribution in [0.3, 0.4) is 0 Å². The van der Waals surface area contributed by atoms with Gasteiger partial charge < -0.3 is 4.90 Å². The Bertz CT molecular complexity index is 938. The minimum atomic E-state index is -4.46. The van der Waals surface area contributed by atoms with E-state index in [4.69, 9.17) is 0 Å². The van der Waals surface area contributed by atoms with Crippen molar-refractivity contribution in [3.05, 3.63) is 53.6 Å². The van der Waals surface area contributed by atoms with Crippen LogP contribution in [0, 0.1) is 5.82 Å². The van der Waals surface area contributed by atoms with Crippen molar-refractivity contribution in [2.75, 3.05) is 37.3 Å².